The highest BCUT2D eigenvalue weighted by molar-refractivity contribution is 7.90. The van der Waals surface area contributed by atoms with Gasteiger partial charge >= 0.3 is 6.03 Å². The summed E-state index contributed by atoms with van der Waals surface area (Å²) in [5.41, 5.74) is 1.72. The van der Waals surface area contributed by atoms with Gasteiger partial charge in [-0.05, 0) is 56.0 Å². The lowest BCUT2D eigenvalue weighted by molar-refractivity contribution is -0.117. The van der Waals surface area contributed by atoms with Crippen LogP contribution in [-0.4, -0.2) is 51.5 Å². The molecule has 2 aromatic carbocycles. The molecular formula is C26H36N4O3S. The first-order valence-electron chi connectivity index (χ1n) is 12.0. The molecule has 184 valence electrons. The van der Waals surface area contributed by atoms with Crippen molar-refractivity contribution in [1.82, 2.24) is 14.5 Å². The van der Waals surface area contributed by atoms with E-state index in [1.807, 2.05) is 35.2 Å². The third-order valence-electron chi connectivity index (χ3n) is 6.28. The van der Waals surface area contributed by atoms with Crippen LogP contribution in [0.5, 0.6) is 0 Å². The summed E-state index contributed by atoms with van der Waals surface area (Å²) in [5.74, 6) is -0.359. The van der Waals surface area contributed by atoms with Gasteiger partial charge in [0.2, 0.25) is 0 Å². The lowest BCUT2D eigenvalue weighted by Gasteiger charge is -2.40. The molecule has 2 aromatic rings. The summed E-state index contributed by atoms with van der Waals surface area (Å²) in [6.07, 6.45) is 4.27. The van der Waals surface area contributed by atoms with Crippen LogP contribution in [0, 0.1) is 0 Å². The summed E-state index contributed by atoms with van der Waals surface area (Å²) in [5, 5.41) is 3.01. The molecule has 1 aliphatic rings. The molecule has 0 aliphatic carbocycles. The Morgan fingerprint density at radius 3 is 2.35 bits per heavy atom. The van der Waals surface area contributed by atoms with Gasteiger partial charge in [0, 0.05) is 44.3 Å². The number of urea groups is 1. The predicted octanol–water partition coefficient (Wildman–Crippen LogP) is 4.53. The zero-order chi connectivity index (χ0) is 24.5. The molecule has 1 saturated heterocycles. The number of likely N-dealkylation sites (tertiary alicyclic amines) is 1. The highest BCUT2D eigenvalue weighted by atomic mass is 32.2. The Morgan fingerprint density at radius 2 is 1.76 bits per heavy atom. The fraction of sp³-hybridized carbons (Fsp3) is 0.462. The monoisotopic (exact) mass is 484 g/mol. The molecule has 1 heterocycles. The van der Waals surface area contributed by atoms with Crippen molar-refractivity contribution in [2.24, 2.45) is 0 Å². The van der Waals surface area contributed by atoms with Gasteiger partial charge in [-0.1, -0.05) is 43.7 Å². The smallest absolute Gasteiger partial charge is 0.322 e. The fourth-order valence-electron chi connectivity index (χ4n) is 4.43. The van der Waals surface area contributed by atoms with E-state index in [2.05, 4.69) is 28.8 Å². The average Bonchev–Trinajstić information content (AvgIpc) is 2.83. The minimum atomic E-state index is -1.61. The highest BCUT2D eigenvalue weighted by Gasteiger charge is 2.29. The van der Waals surface area contributed by atoms with E-state index in [-0.39, 0.29) is 18.0 Å². The number of piperidine rings is 1. The van der Waals surface area contributed by atoms with Crippen molar-refractivity contribution in [2.45, 2.75) is 70.0 Å². The topological polar surface area (TPSA) is 87.7 Å². The van der Waals surface area contributed by atoms with Crippen LogP contribution in [0.1, 0.15) is 52.0 Å². The van der Waals surface area contributed by atoms with Crippen molar-refractivity contribution in [1.29, 1.82) is 0 Å². The maximum Gasteiger partial charge on any atom is 0.322 e. The molecule has 1 fully saturated rings. The zero-order valence-electron chi connectivity index (χ0n) is 20.3. The maximum absolute atomic E-state index is 13.4. The van der Waals surface area contributed by atoms with Gasteiger partial charge in [0.05, 0.1) is 0 Å². The van der Waals surface area contributed by atoms with Gasteiger partial charge in [0.1, 0.15) is 11.4 Å². The first-order chi connectivity index (χ1) is 16.4. The SMILES string of the molecule is CCCC(C)N1CCC(N(Cc2ccccc2)C(=O)Nc2ccc([S+]([O-])NC(C)=O)cc2)CC1. The number of rotatable bonds is 9. The first-order valence-corrected chi connectivity index (χ1v) is 13.2. The molecular weight excluding hydrogens is 448 g/mol. The fourth-order valence-corrected chi connectivity index (χ4v) is 5.19. The van der Waals surface area contributed by atoms with E-state index >= 15 is 0 Å². The van der Waals surface area contributed by atoms with Crippen molar-refractivity contribution in [3.63, 3.8) is 0 Å². The second-order valence-electron chi connectivity index (χ2n) is 8.90. The van der Waals surface area contributed by atoms with Crippen molar-refractivity contribution >= 4 is 29.0 Å². The molecule has 2 N–H and O–H groups in total. The van der Waals surface area contributed by atoms with E-state index in [1.54, 1.807) is 24.3 Å². The predicted molar refractivity (Wildman–Crippen MR) is 137 cm³/mol. The average molecular weight is 485 g/mol. The third-order valence-corrected chi connectivity index (χ3v) is 7.46. The standard InChI is InChI=1S/C26H36N4O3S/c1-4-8-20(2)29-17-15-24(16-18-29)30(19-22-9-6-5-7-10-22)26(32)27-23-11-13-25(14-12-23)34(33)28-21(3)31/h5-7,9-14,20,24H,4,8,15-19H2,1-3H3,(H,27,32)(H,28,31). The summed E-state index contributed by atoms with van der Waals surface area (Å²) < 4.78 is 14.5. The van der Waals surface area contributed by atoms with E-state index < -0.39 is 11.4 Å². The third kappa shape index (κ3) is 7.48. The van der Waals surface area contributed by atoms with Gasteiger partial charge in [-0.3, -0.25) is 4.79 Å². The largest absolute Gasteiger partial charge is 0.588 e. The first kappa shape index (κ1) is 26.1. The van der Waals surface area contributed by atoms with Crippen LogP contribution in [0.25, 0.3) is 0 Å². The molecule has 2 unspecified atom stereocenters. The van der Waals surface area contributed by atoms with E-state index in [4.69, 9.17) is 0 Å². The molecule has 8 heteroatoms. The molecule has 0 spiro atoms. The Morgan fingerprint density at radius 1 is 1.12 bits per heavy atom. The number of hydrogen-bond donors (Lipinski definition) is 2. The van der Waals surface area contributed by atoms with Gasteiger partial charge in [-0.2, -0.15) is 4.72 Å². The van der Waals surface area contributed by atoms with Crippen LogP contribution >= 0.6 is 0 Å². The Balaban J connectivity index is 1.68. The van der Waals surface area contributed by atoms with E-state index in [9.17, 15) is 14.1 Å². The van der Waals surface area contributed by atoms with Gasteiger partial charge in [0.15, 0.2) is 4.90 Å². The number of carbonyl (C=O) groups is 2. The Bertz CT molecular complexity index is 917. The minimum Gasteiger partial charge on any atom is -0.588 e. The van der Waals surface area contributed by atoms with Crippen LogP contribution in [0.4, 0.5) is 10.5 Å². The second kappa shape index (κ2) is 12.8. The van der Waals surface area contributed by atoms with Crippen molar-refractivity contribution in [2.75, 3.05) is 18.4 Å². The van der Waals surface area contributed by atoms with Gasteiger partial charge in [-0.25, -0.2) is 4.79 Å². The van der Waals surface area contributed by atoms with Crippen LogP contribution in [-0.2, 0) is 22.7 Å². The molecule has 0 saturated carbocycles. The van der Waals surface area contributed by atoms with Gasteiger partial charge in [0.25, 0.3) is 5.91 Å². The summed E-state index contributed by atoms with van der Waals surface area (Å²) in [6, 6.07) is 17.4. The quantitative estimate of drug-likeness (QED) is 0.512. The number of amides is 3. The Labute approximate surface area is 206 Å². The molecule has 34 heavy (non-hydrogen) atoms. The van der Waals surface area contributed by atoms with Crippen LogP contribution in [0.2, 0.25) is 0 Å². The molecule has 0 radical (unpaired) electrons. The van der Waals surface area contributed by atoms with Gasteiger partial charge in [-0.15, -0.1) is 0 Å². The van der Waals surface area contributed by atoms with Crippen LogP contribution < -0.4 is 10.0 Å². The summed E-state index contributed by atoms with van der Waals surface area (Å²) in [7, 11) is 0. The molecule has 3 amide bonds. The summed E-state index contributed by atoms with van der Waals surface area (Å²) in [6.45, 7) is 8.37. The van der Waals surface area contributed by atoms with E-state index in [1.165, 1.54) is 19.8 Å². The summed E-state index contributed by atoms with van der Waals surface area (Å²) in [4.78, 5) is 29.5. The van der Waals surface area contributed by atoms with E-state index in [0.717, 1.165) is 31.5 Å². The van der Waals surface area contributed by atoms with Crippen molar-refractivity contribution in [3.8, 4) is 0 Å². The van der Waals surface area contributed by atoms with Crippen LogP contribution in [0.15, 0.2) is 59.5 Å². The second-order valence-corrected chi connectivity index (χ2v) is 10.1. The number of benzene rings is 2. The molecule has 2 atom stereocenters. The van der Waals surface area contributed by atoms with Crippen molar-refractivity contribution in [3.05, 3.63) is 60.2 Å². The van der Waals surface area contributed by atoms with Gasteiger partial charge < -0.3 is 19.7 Å². The number of hydrogen-bond acceptors (Lipinski definition) is 4. The number of carbonyl (C=O) groups excluding carboxylic acids is 2. The lowest BCUT2D eigenvalue weighted by atomic mass is 10.00. The van der Waals surface area contributed by atoms with E-state index in [0.29, 0.717) is 23.2 Å². The zero-order valence-corrected chi connectivity index (χ0v) is 21.1. The molecule has 1 aliphatic heterocycles. The van der Waals surface area contributed by atoms with Crippen LogP contribution in [0.3, 0.4) is 0 Å². The molecule has 3 rings (SSSR count). The van der Waals surface area contributed by atoms with Crippen molar-refractivity contribution < 1.29 is 14.1 Å². The molecule has 0 bridgehead atoms. The number of anilines is 1. The molecule has 7 nitrogen and oxygen atoms in total. The number of nitrogens with one attached hydrogen (secondary N) is 2. The molecule has 0 aromatic heterocycles. The Hall–Kier alpha value is -2.55. The summed E-state index contributed by atoms with van der Waals surface area (Å²) >= 11 is -1.61. The number of nitrogens with zero attached hydrogens (tertiary/aromatic N) is 2. The lowest BCUT2D eigenvalue weighted by Crippen LogP contribution is -2.50. The Kier molecular flexibility index (Phi) is 9.80. The normalized spacial score (nSPS) is 16.5. The minimum absolute atomic E-state index is 0.139. The highest BCUT2D eigenvalue weighted by Crippen LogP contribution is 2.23. The maximum atomic E-state index is 13.4.